The van der Waals surface area contributed by atoms with Crippen LogP contribution in [0.4, 0.5) is 18.0 Å². The monoisotopic (exact) mass is 315 g/mol. The zero-order valence-corrected chi connectivity index (χ0v) is 11.7. The first-order valence-electron chi connectivity index (χ1n) is 6.79. The molecule has 22 heavy (non-hydrogen) atoms. The van der Waals surface area contributed by atoms with Gasteiger partial charge in [0, 0.05) is 13.1 Å². The molecule has 1 atom stereocenters. The highest BCUT2D eigenvalue weighted by atomic mass is 19.4. The molecule has 3 N–H and O–H groups in total. The number of halogens is 3. The molecule has 0 bridgehead atoms. The molecule has 0 radical (unpaired) electrons. The summed E-state index contributed by atoms with van der Waals surface area (Å²) in [4.78, 5) is 24.5. The molecule has 3 amide bonds. The van der Waals surface area contributed by atoms with Gasteiger partial charge in [-0.2, -0.15) is 13.2 Å². The number of primary amides is 1. The standard InChI is InChI=1S/C14H16F3N3O2/c15-14(16,17)10-5-3-9(4-6-10)8-19-12(21)11-2-1-7-20(11)13(18)22/h3-6,11H,1-2,7-8H2,(H2,18,22)(H,19,21). The summed E-state index contributed by atoms with van der Waals surface area (Å²) in [6, 6.07) is 3.30. The second-order valence-corrected chi connectivity index (χ2v) is 5.10. The molecule has 1 aliphatic rings. The van der Waals surface area contributed by atoms with E-state index in [-0.39, 0.29) is 12.5 Å². The van der Waals surface area contributed by atoms with Crippen molar-refractivity contribution in [1.29, 1.82) is 0 Å². The van der Waals surface area contributed by atoms with Crippen molar-refractivity contribution in [1.82, 2.24) is 10.2 Å². The highest BCUT2D eigenvalue weighted by Crippen LogP contribution is 2.29. The lowest BCUT2D eigenvalue weighted by Gasteiger charge is -2.21. The van der Waals surface area contributed by atoms with E-state index in [2.05, 4.69) is 5.32 Å². The summed E-state index contributed by atoms with van der Waals surface area (Å²) in [6.07, 6.45) is -3.16. The first-order valence-corrected chi connectivity index (χ1v) is 6.79. The van der Waals surface area contributed by atoms with Crippen molar-refractivity contribution >= 4 is 11.9 Å². The normalized spacial score (nSPS) is 18.3. The van der Waals surface area contributed by atoms with E-state index in [0.717, 1.165) is 12.1 Å². The van der Waals surface area contributed by atoms with Crippen molar-refractivity contribution < 1.29 is 22.8 Å². The minimum absolute atomic E-state index is 0.0973. The van der Waals surface area contributed by atoms with E-state index in [4.69, 9.17) is 5.73 Å². The van der Waals surface area contributed by atoms with Crippen LogP contribution < -0.4 is 11.1 Å². The number of nitrogens with one attached hydrogen (secondary N) is 1. The summed E-state index contributed by atoms with van der Waals surface area (Å²) in [7, 11) is 0. The van der Waals surface area contributed by atoms with E-state index in [0.29, 0.717) is 24.9 Å². The maximum atomic E-state index is 12.4. The third-order valence-electron chi connectivity index (χ3n) is 3.59. The highest BCUT2D eigenvalue weighted by Gasteiger charge is 2.33. The summed E-state index contributed by atoms with van der Waals surface area (Å²) in [6.45, 7) is 0.535. The van der Waals surface area contributed by atoms with Gasteiger partial charge in [-0.1, -0.05) is 12.1 Å². The van der Waals surface area contributed by atoms with E-state index >= 15 is 0 Å². The molecule has 5 nitrogen and oxygen atoms in total. The predicted octanol–water partition coefficient (Wildman–Crippen LogP) is 1.86. The number of amides is 3. The largest absolute Gasteiger partial charge is 0.416 e. The fraction of sp³-hybridized carbons (Fsp3) is 0.429. The smallest absolute Gasteiger partial charge is 0.351 e. The number of hydrogen-bond acceptors (Lipinski definition) is 2. The zero-order valence-electron chi connectivity index (χ0n) is 11.7. The van der Waals surface area contributed by atoms with E-state index in [9.17, 15) is 22.8 Å². The third-order valence-corrected chi connectivity index (χ3v) is 3.59. The number of carbonyl (C=O) groups is 2. The average molecular weight is 315 g/mol. The number of benzene rings is 1. The van der Waals surface area contributed by atoms with Crippen molar-refractivity contribution in [2.24, 2.45) is 5.73 Å². The highest BCUT2D eigenvalue weighted by molar-refractivity contribution is 5.87. The second kappa shape index (κ2) is 6.25. The summed E-state index contributed by atoms with van der Waals surface area (Å²) in [5.74, 6) is -0.351. The van der Waals surface area contributed by atoms with Gasteiger partial charge in [0.1, 0.15) is 6.04 Å². The fourth-order valence-electron chi connectivity index (χ4n) is 2.42. The van der Waals surface area contributed by atoms with Crippen molar-refractivity contribution in [3.63, 3.8) is 0 Å². The summed E-state index contributed by atoms with van der Waals surface area (Å²) in [5.41, 5.74) is 5.00. The first-order chi connectivity index (χ1) is 10.3. The number of alkyl halides is 3. The Morgan fingerprint density at radius 3 is 2.45 bits per heavy atom. The topological polar surface area (TPSA) is 75.4 Å². The van der Waals surface area contributed by atoms with Crippen LogP contribution in [-0.2, 0) is 17.5 Å². The molecule has 1 aliphatic heterocycles. The lowest BCUT2D eigenvalue weighted by Crippen LogP contribution is -2.47. The Labute approximate surface area is 125 Å². The van der Waals surface area contributed by atoms with Gasteiger partial charge in [0.05, 0.1) is 5.56 Å². The molecule has 8 heteroatoms. The SMILES string of the molecule is NC(=O)N1CCCC1C(=O)NCc1ccc(C(F)(F)F)cc1. The molecular weight excluding hydrogens is 299 g/mol. The van der Waals surface area contributed by atoms with Gasteiger partial charge >= 0.3 is 12.2 Å². The Balaban J connectivity index is 1.92. The molecule has 1 heterocycles. The molecule has 1 fully saturated rings. The minimum Gasteiger partial charge on any atom is -0.351 e. The second-order valence-electron chi connectivity index (χ2n) is 5.10. The van der Waals surface area contributed by atoms with Crippen molar-refractivity contribution in [2.45, 2.75) is 31.6 Å². The minimum atomic E-state index is -4.38. The molecular formula is C14H16F3N3O2. The number of likely N-dealkylation sites (tertiary alicyclic amines) is 1. The van der Waals surface area contributed by atoms with E-state index in [1.54, 1.807) is 0 Å². The number of urea groups is 1. The average Bonchev–Trinajstić information content (AvgIpc) is 2.94. The summed E-state index contributed by atoms with van der Waals surface area (Å²) < 4.78 is 37.3. The number of hydrogen-bond donors (Lipinski definition) is 2. The molecule has 1 aromatic carbocycles. The Bertz CT molecular complexity index is 557. The Morgan fingerprint density at radius 1 is 1.27 bits per heavy atom. The zero-order chi connectivity index (χ0) is 16.3. The molecule has 0 aliphatic carbocycles. The Morgan fingerprint density at radius 2 is 1.91 bits per heavy atom. The third kappa shape index (κ3) is 3.69. The molecule has 1 saturated heterocycles. The maximum Gasteiger partial charge on any atom is 0.416 e. The van der Waals surface area contributed by atoms with Crippen LogP contribution in [0.5, 0.6) is 0 Å². The predicted molar refractivity (Wildman–Crippen MR) is 72.6 cm³/mol. The Kier molecular flexibility index (Phi) is 4.58. The summed E-state index contributed by atoms with van der Waals surface area (Å²) >= 11 is 0. The lowest BCUT2D eigenvalue weighted by molar-refractivity contribution is -0.137. The number of carbonyl (C=O) groups excluding carboxylic acids is 2. The number of rotatable bonds is 3. The Hall–Kier alpha value is -2.25. The van der Waals surface area contributed by atoms with Crippen LogP contribution in [0.3, 0.4) is 0 Å². The van der Waals surface area contributed by atoms with Gasteiger partial charge in [-0.25, -0.2) is 4.79 Å². The fourth-order valence-corrected chi connectivity index (χ4v) is 2.42. The summed E-state index contributed by atoms with van der Waals surface area (Å²) in [5, 5.41) is 2.61. The molecule has 1 aromatic rings. The van der Waals surface area contributed by atoms with Crippen molar-refractivity contribution in [3.8, 4) is 0 Å². The van der Waals surface area contributed by atoms with E-state index in [1.165, 1.54) is 17.0 Å². The molecule has 1 unspecified atom stereocenters. The molecule has 0 spiro atoms. The number of nitrogens with two attached hydrogens (primary N) is 1. The van der Waals surface area contributed by atoms with E-state index < -0.39 is 23.8 Å². The van der Waals surface area contributed by atoms with Crippen LogP contribution in [-0.4, -0.2) is 29.4 Å². The maximum absolute atomic E-state index is 12.4. The van der Waals surface area contributed by atoms with E-state index in [1.807, 2.05) is 0 Å². The van der Waals surface area contributed by atoms with Crippen LogP contribution in [0.15, 0.2) is 24.3 Å². The molecule has 0 saturated carbocycles. The van der Waals surface area contributed by atoms with Crippen LogP contribution in [0.2, 0.25) is 0 Å². The van der Waals surface area contributed by atoms with Gasteiger partial charge in [0.25, 0.3) is 0 Å². The first kappa shape index (κ1) is 16.1. The van der Waals surface area contributed by atoms with Crippen molar-refractivity contribution in [2.75, 3.05) is 6.54 Å². The van der Waals surface area contributed by atoms with Crippen LogP contribution in [0.1, 0.15) is 24.0 Å². The van der Waals surface area contributed by atoms with Crippen LogP contribution in [0, 0.1) is 0 Å². The van der Waals surface area contributed by atoms with Gasteiger partial charge in [-0.15, -0.1) is 0 Å². The van der Waals surface area contributed by atoms with Crippen LogP contribution in [0.25, 0.3) is 0 Å². The van der Waals surface area contributed by atoms with Gasteiger partial charge < -0.3 is 16.0 Å². The molecule has 2 rings (SSSR count). The quantitative estimate of drug-likeness (QED) is 0.893. The van der Waals surface area contributed by atoms with Gasteiger partial charge in [-0.3, -0.25) is 4.79 Å². The van der Waals surface area contributed by atoms with Crippen LogP contribution >= 0.6 is 0 Å². The van der Waals surface area contributed by atoms with Gasteiger partial charge in [-0.05, 0) is 30.5 Å². The van der Waals surface area contributed by atoms with Gasteiger partial charge in [0.15, 0.2) is 0 Å². The lowest BCUT2D eigenvalue weighted by atomic mass is 10.1. The molecule has 120 valence electrons. The van der Waals surface area contributed by atoms with Crippen molar-refractivity contribution in [3.05, 3.63) is 35.4 Å². The number of nitrogens with zero attached hydrogens (tertiary/aromatic N) is 1. The van der Waals surface area contributed by atoms with Gasteiger partial charge in [0.2, 0.25) is 5.91 Å². The molecule has 0 aromatic heterocycles.